The third kappa shape index (κ3) is 3.19. The molecule has 0 bridgehead atoms. The molecule has 0 aliphatic carbocycles. The molecule has 0 saturated carbocycles. The molecule has 1 heterocycles. The van der Waals surface area contributed by atoms with Gasteiger partial charge >= 0.3 is 0 Å². The standard InChI is InChI=1S/C15H23N3O/c1-17(2)15(19)13-8-7-12(16)11-14(13)18-9-5-3-4-6-10-18/h7-8,11H,3-6,9-10,16H2,1-2H3. The van der Waals surface area contributed by atoms with Gasteiger partial charge in [-0.25, -0.2) is 0 Å². The number of amides is 1. The number of nitrogens with zero attached hydrogens (tertiary/aromatic N) is 2. The normalized spacial score (nSPS) is 16.0. The van der Waals surface area contributed by atoms with Crippen LogP contribution in [0.25, 0.3) is 0 Å². The lowest BCUT2D eigenvalue weighted by Gasteiger charge is -2.26. The third-order valence-electron chi connectivity index (χ3n) is 3.61. The Hall–Kier alpha value is -1.71. The molecule has 1 amide bonds. The number of benzene rings is 1. The van der Waals surface area contributed by atoms with Gasteiger partial charge < -0.3 is 15.5 Å². The predicted octanol–water partition coefficient (Wildman–Crippen LogP) is 2.35. The third-order valence-corrected chi connectivity index (χ3v) is 3.61. The van der Waals surface area contributed by atoms with Crippen molar-refractivity contribution in [1.29, 1.82) is 0 Å². The van der Waals surface area contributed by atoms with E-state index in [0.717, 1.165) is 30.0 Å². The lowest BCUT2D eigenvalue weighted by molar-refractivity contribution is 0.0828. The van der Waals surface area contributed by atoms with Gasteiger partial charge in [0.1, 0.15) is 0 Å². The lowest BCUT2D eigenvalue weighted by Crippen LogP contribution is -2.29. The summed E-state index contributed by atoms with van der Waals surface area (Å²) >= 11 is 0. The van der Waals surface area contributed by atoms with E-state index in [1.54, 1.807) is 25.1 Å². The summed E-state index contributed by atoms with van der Waals surface area (Å²) in [6.07, 6.45) is 4.92. The van der Waals surface area contributed by atoms with Crippen LogP contribution in [0.5, 0.6) is 0 Å². The van der Waals surface area contributed by atoms with Gasteiger partial charge in [-0.2, -0.15) is 0 Å². The Bertz CT molecular complexity index is 449. The van der Waals surface area contributed by atoms with Gasteiger partial charge in [0.05, 0.1) is 11.3 Å². The van der Waals surface area contributed by atoms with Crippen molar-refractivity contribution >= 4 is 17.3 Å². The summed E-state index contributed by atoms with van der Waals surface area (Å²) in [5, 5.41) is 0. The van der Waals surface area contributed by atoms with Crippen molar-refractivity contribution in [1.82, 2.24) is 4.90 Å². The van der Waals surface area contributed by atoms with Gasteiger partial charge in [0.2, 0.25) is 0 Å². The van der Waals surface area contributed by atoms with E-state index in [4.69, 9.17) is 5.73 Å². The predicted molar refractivity (Wildman–Crippen MR) is 79.6 cm³/mol. The van der Waals surface area contributed by atoms with Crippen LogP contribution in [0.15, 0.2) is 18.2 Å². The molecule has 0 aromatic heterocycles. The number of nitrogen functional groups attached to an aromatic ring is 1. The molecule has 4 nitrogen and oxygen atoms in total. The maximum Gasteiger partial charge on any atom is 0.255 e. The summed E-state index contributed by atoms with van der Waals surface area (Å²) in [6.45, 7) is 2.02. The Morgan fingerprint density at radius 1 is 1.16 bits per heavy atom. The van der Waals surface area contributed by atoms with E-state index in [9.17, 15) is 4.79 Å². The van der Waals surface area contributed by atoms with Crippen LogP contribution in [0.1, 0.15) is 36.0 Å². The molecule has 0 spiro atoms. The highest BCUT2D eigenvalue weighted by Crippen LogP contribution is 2.27. The second-order valence-corrected chi connectivity index (χ2v) is 5.38. The molecule has 0 radical (unpaired) electrons. The van der Waals surface area contributed by atoms with Crippen LogP contribution in [0.2, 0.25) is 0 Å². The van der Waals surface area contributed by atoms with Crippen molar-refractivity contribution in [2.24, 2.45) is 0 Å². The smallest absolute Gasteiger partial charge is 0.255 e. The molecular weight excluding hydrogens is 238 g/mol. The zero-order valence-corrected chi connectivity index (χ0v) is 11.9. The van der Waals surface area contributed by atoms with E-state index in [1.807, 2.05) is 12.1 Å². The van der Waals surface area contributed by atoms with Gasteiger partial charge in [-0.05, 0) is 31.0 Å². The quantitative estimate of drug-likeness (QED) is 0.831. The van der Waals surface area contributed by atoms with Gasteiger partial charge in [-0.15, -0.1) is 0 Å². The SMILES string of the molecule is CN(C)C(=O)c1ccc(N)cc1N1CCCCCC1. The highest BCUT2D eigenvalue weighted by atomic mass is 16.2. The molecular formula is C15H23N3O. The second kappa shape index (κ2) is 5.95. The van der Waals surface area contributed by atoms with E-state index >= 15 is 0 Å². The number of hydrogen-bond donors (Lipinski definition) is 1. The number of rotatable bonds is 2. The molecule has 1 aliphatic rings. The maximum absolute atomic E-state index is 12.3. The van der Waals surface area contributed by atoms with Crippen LogP contribution in [0.3, 0.4) is 0 Å². The van der Waals surface area contributed by atoms with Crippen LogP contribution < -0.4 is 10.6 Å². The Balaban J connectivity index is 2.35. The number of carbonyl (C=O) groups excluding carboxylic acids is 1. The van der Waals surface area contributed by atoms with Gasteiger partial charge in [0.15, 0.2) is 0 Å². The average molecular weight is 261 g/mol. The first kappa shape index (κ1) is 13.7. The van der Waals surface area contributed by atoms with Crippen molar-refractivity contribution in [2.45, 2.75) is 25.7 Å². The molecule has 4 heteroatoms. The summed E-state index contributed by atoms with van der Waals surface area (Å²) in [7, 11) is 3.57. The highest BCUT2D eigenvalue weighted by Gasteiger charge is 2.19. The molecule has 1 aliphatic heterocycles. The number of nitrogens with two attached hydrogens (primary N) is 1. The van der Waals surface area contributed by atoms with Crippen molar-refractivity contribution in [3.8, 4) is 0 Å². The van der Waals surface area contributed by atoms with E-state index in [1.165, 1.54) is 25.7 Å². The van der Waals surface area contributed by atoms with E-state index in [-0.39, 0.29) is 5.91 Å². The number of carbonyl (C=O) groups is 1. The van der Waals surface area contributed by atoms with Crippen molar-refractivity contribution < 1.29 is 4.79 Å². The fraction of sp³-hybridized carbons (Fsp3) is 0.533. The van der Waals surface area contributed by atoms with Crippen LogP contribution >= 0.6 is 0 Å². The van der Waals surface area contributed by atoms with Crippen LogP contribution in [0, 0.1) is 0 Å². The summed E-state index contributed by atoms with van der Waals surface area (Å²) in [4.78, 5) is 16.2. The highest BCUT2D eigenvalue weighted by molar-refractivity contribution is 6.00. The number of hydrogen-bond acceptors (Lipinski definition) is 3. The molecule has 1 saturated heterocycles. The van der Waals surface area contributed by atoms with Gasteiger partial charge in [0, 0.05) is 32.9 Å². The summed E-state index contributed by atoms with van der Waals surface area (Å²) < 4.78 is 0. The van der Waals surface area contributed by atoms with Crippen LogP contribution in [-0.2, 0) is 0 Å². The van der Waals surface area contributed by atoms with E-state index in [0.29, 0.717) is 0 Å². The Kier molecular flexibility index (Phi) is 4.30. The molecule has 1 aromatic rings. The summed E-state index contributed by atoms with van der Waals surface area (Å²) in [5.74, 6) is 0.0410. The summed E-state index contributed by atoms with van der Waals surface area (Å²) in [5.41, 5.74) is 8.35. The molecule has 0 atom stereocenters. The monoisotopic (exact) mass is 261 g/mol. The zero-order valence-electron chi connectivity index (χ0n) is 11.9. The molecule has 2 N–H and O–H groups in total. The minimum absolute atomic E-state index is 0.0410. The molecule has 19 heavy (non-hydrogen) atoms. The van der Waals surface area contributed by atoms with E-state index in [2.05, 4.69) is 4.90 Å². The molecule has 0 unspecified atom stereocenters. The van der Waals surface area contributed by atoms with Gasteiger partial charge in [-0.1, -0.05) is 12.8 Å². The van der Waals surface area contributed by atoms with Gasteiger partial charge in [-0.3, -0.25) is 4.79 Å². The second-order valence-electron chi connectivity index (χ2n) is 5.38. The fourth-order valence-electron chi connectivity index (χ4n) is 2.54. The summed E-state index contributed by atoms with van der Waals surface area (Å²) in [6, 6.07) is 5.58. The Labute approximate surface area is 115 Å². The minimum atomic E-state index is 0.0410. The van der Waals surface area contributed by atoms with Crippen molar-refractivity contribution in [2.75, 3.05) is 37.8 Å². The Morgan fingerprint density at radius 3 is 2.37 bits per heavy atom. The topological polar surface area (TPSA) is 49.6 Å². The first-order valence-electron chi connectivity index (χ1n) is 6.95. The largest absolute Gasteiger partial charge is 0.399 e. The first-order valence-corrected chi connectivity index (χ1v) is 6.95. The fourth-order valence-corrected chi connectivity index (χ4v) is 2.54. The van der Waals surface area contributed by atoms with E-state index < -0.39 is 0 Å². The molecule has 104 valence electrons. The molecule has 1 aromatic carbocycles. The lowest BCUT2D eigenvalue weighted by atomic mass is 10.1. The first-order chi connectivity index (χ1) is 9.09. The molecule has 1 fully saturated rings. The number of anilines is 2. The van der Waals surface area contributed by atoms with Crippen LogP contribution in [0.4, 0.5) is 11.4 Å². The molecule has 2 rings (SSSR count). The van der Waals surface area contributed by atoms with Crippen molar-refractivity contribution in [3.63, 3.8) is 0 Å². The Morgan fingerprint density at radius 2 is 1.79 bits per heavy atom. The maximum atomic E-state index is 12.3. The van der Waals surface area contributed by atoms with Gasteiger partial charge in [0.25, 0.3) is 5.91 Å². The van der Waals surface area contributed by atoms with Crippen LogP contribution in [-0.4, -0.2) is 38.0 Å². The minimum Gasteiger partial charge on any atom is -0.399 e. The van der Waals surface area contributed by atoms with Crippen molar-refractivity contribution in [3.05, 3.63) is 23.8 Å². The average Bonchev–Trinajstić information content (AvgIpc) is 2.66. The zero-order chi connectivity index (χ0) is 13.8.